The molecule has 2 fully saturated rings. The lowest BCUT2D eigenvalue weighted by molar-refractivity contribution is 0.113. The van der Waals surface area contributed by atoms with Gasteiger partial charge in [-0.1, -0.05) is 19.4 Å². The van der Waals surface area contributed by atoms with Crippen LogP contribution in [0.25, 0.3) is 16.8 Å². The fourth-order valence-electron chi connectivity index (χ4n) is 6.15. The van der Waals surface area contributed by atoms with E-state index >= 15 is 0 Å². The summed E-state index contributed by atoms with van der Waals surface area (Å²) in [7, 11) is 3.82. The van der Waals surface area contributed by atoms with Crippen LogP contribution in [0.3, 0.4) is 0 Å². The van der Waals surface area contributed by atoms with Gasteiger partial charge < -0.3 is 14.4 Å². The Morgan fingerprint density at radius 3 is 2.74 bits per heavy atom. The molecule has 1 aliphatic carbocycles. The number of fused-ring (bicyclic) bond motifs is 1. The fraction of sp³-hybridized carbons (Fsp3) is 0.567. The second kappa shape index (κ2) is 11.9. The lowest BCUT2D eigenvalue weighted by Gasteiger charge is -2.36. The first kappa shape index (κ1) is 27.4. The third kappa shape index (κ3) is 5.89. The number of anilines is 1. The molecule has 1 saturated carbocycles. The van der Waals surface area contributed by atoms with Crippen molar-refractivity contribution in [3.8, 4) is 17.0 Å². The Kier molecular flexibility index (Phi) is 8.37. The number of likely N-dealkylation sites (N-methyl/N-ethyl adjacent to an activating group) is 1. The summed E-state index contributed by atoms with van der Waals surface area (Å²) in [6.45, 7) is 10.6. The molecule has 0 radical (unpaired) electrons. The molecule has 1 amide bonds. The number of ether oxygens (including phenoxy) is 2. The molecule has 2 aliphatic rings. The van der Waals surface area contributed by atoms with E-state index in [1.807, 2.05) is 44.4 Å². The molecule has 1 aliphatic heterocycles. The number of nitrogens with zero attached hydrogens (tertiary/aromatic N) is 5. The molecule has 0 bridgehead atoms. The highest BCUT2D eigenvalue weighted by Crippen LogP contribution is 2.40. The van der Waals surface area contributed by atoms with Crippen LogP contribution in [0, 0.1) is 6.92 Å². The van der Waals surface area contributed by atoms with Crippen LogP contribution in [0.4, 0.5) is 10.5 Å². The van der Waals surface area contributed by atoms with Crippen LogP contribution in [0.15, 0.2) is 30.6 Å². The summed E-state index contributed by atoms with van der Waals surface area (Å²) in [6.07, 6.45) is 8.55. The number of carbonyl (C=O) groups is 1. The van der Waals surface area contributed by atoms with Gasteiger partial charge >= 0.3 is 6.09 Å². The minimum Gasteiger partial charge on any atom is -0.495 e. The number of carbonyl (C=O) groups excluding carboxylic acids is 1. The molecule has 3 aromatic rings. The highest BCUT2D eigenvalue weighted by atomic mass is 16.6. The van der Waals surface area contributed by atoms with Gasteiger partial charge in [0, 0.05) is 56.1 Å². The van der Waals surface area contributed by atoms with E-state index in [9.17, 15) is 4.79 Å². The average Bonchev–Trinajstić information content (AvgIpc) is 3.55. The van der Waals surface area contributed by atoms with E-state index in [1.54, 1.807) is 7.11 Å². The molecule has 2 aromatic heterocycles. The molecule has 3 atom stereocenters. The van der Waals surface area contributed by atoms with Gasteiger partial charge in [0.25, 0.3) is 0 Å². The monoisotopic (exact) mass is 534 g/mol. The third-order valence-electron chi connectivity index (χ3n) is 8.30. The minimum absolute atomic E-state index is 0.141. The van der Waals surface area contributed by atoms with Gasteiger partial charge in [0.2, 0.25) is 0 Å². The zero-order valence-electron chi connectivity index (χ0n) is 23.9. The van der Waals surface area contributed by atoms with Gasteiger partial charge in [0.05, 0.1) is 29.7 Å². The van der Waals surface area contributed by atoms with Crippen LogP contribution in [-0.2, 0) is 4.74 Å². The van der Waals surface area contributed by atoms with Crippen molar-refractivity contribution >= 4 is 17.3 Å². The molecule has 39 heavy (non-hydrogen) atoms. The molecule has 0 spiro atoms. The van der Waals surface area contributed by atoms with Crippen LogP contribution in [0.2, 0.25) is 0 Å². The van der Waals surface area contributed by atoms with Crippen LogP contribution >= 0.6 is 0 Å². The lowest BCUT2D eigenvalue weighted by Crippen LogP contribution is -2.48. The summed E-state index contributed by atoms with van der Waals surface area (Å²) < 4.78 is 13.4. The summed E-state index contributed by atoms with van der Waals surface area (Å²) >= 11 is 0. The van der Waals surface area contributed by atoms with Crippen molar-refractivity contribution in [1.82, 2.24) is 24.2 Å². The third-order valence-corrected chi connectivity index (χ3v) is 8.30. The number of benzene rings is 1. The normalized spacial score (nSPS) is 21.3. The van der Waals surface area contributed by atoms with Crippen LogP contribution in [0.1, 0.15) is 63.4 Å². The highest BCUT2D eigenvalue weighted by Gasteiger charge is 2.34. The molecule has 9 heteroatoms. The summed E-state index contributed by atoms with van der Waals surface area (Å²) in [6, 6.07) is 6.39. The number of aryl methyl sites for hydroxylation is 1. The number of hydrogen-bond acceptors (Lipinski definition) is 7. The van der Waals surface area contributed by atoms with Gasteiger partial charge in [-0.3, -0.25) is 19.6 Å². The molecule has 5 rings (SSSR count). The molecule has 9 nitrogen and oxygen atoms in total. The molecule has 1 N–H and O–H groups in total. The second-order valence-electron chi connectivity index (χ2n) is 11.1. The number of nitrogens with one attached hydrogen (secondary N) is 1. The van der Waals surface area contributed by atoms with Crippen LogP contribution < -0.4 is 10.1 Å². The number of aromatic nitrogens is 3. The summed E-state index contributed by atoms with van der Waals surface area (Å²) in [5, 5.41) is 2.83. The number of hydrogen-bond donors (Lipinski definition) is 1. The van der Waals surface area contributed by atoms with Gasteiger partial charge in [-0.15, -0.1) is 0 Å². The zero-order valence-corrected chi connectivity index (χ0v) is 23.9. The van der Waals surface area contributed by atoms with Crippen LogP contribution in [-0.4, -0.2) is 82.7 Å². The molecular weight excluding hydrogens is 492 g/mol. The van der Waals surface area contributed by atoms with Crippen molar-refractivity contribution in [2.45, 2.75) is 70.9 Å². The van der Waals surface area contributed by atoms with Gasteiger partial charge in [-0.25, -0.2) is 9.78 Å². The molecule has 1 saturated heterocycles. The standard InChI is InChI=1S/C30H42N6O3/c1-6-7-20(2)39-30(37)32-25-11-9-22(19-26(25)38-5)27-28-21(3)31-12-13-36(28)29(33-27)23-8-10-24(18-23)35-16-14-34(4)15-17-35/h9,11-13,19-20,23-24H,6-8,10,14-18H2,1-5H3,(H,32,37)/t20?,23-,24?/m0/s1. The van der Waals surface area contributed by atoms with E-state index in [1.165, 1.54) is 6.42 Å². The van der Waals surface area contributed by atoms with E-state index in [0.29, 0.717) is 23.4 Å². The number of amides is 1. The molecule has 210 valence electrons. The van der Waals surface area contributed by atoms with E-state index in [0.717, 1.165) is 80.2 Å². The van der Waals surface area contributed by atoms with Gasteiger partial charge in [-0.2, -0.15) is 0 Å². The first-order chi connectivity index (χ1) is 18.9. The molecule has 3 heterocycles. The number of piperazine rings is 1. The van der Waals surface area contributed by atoms with E-state index in [-0.39, 0.29) is 6.10 Å². The van der Waals surface area contributed by atoms with Crippen molar-refractivity contribution in [2.75, 3.05) is 45.7 Å². The van der Waals surface area contributed by atoms with Crippen LogP contribution in [0.5, 0.6) is 5.75 Å². The maximum atomic E-state index is 12.4. The van der Waals surface area contributed by atoms with Gasteiger partial charge in [0.1, 0.15) is 17.7 Å². The Morgan fingerprint density at radius 2 is 2.00 bits per heavy atom. The quantitative estimate of drug-likeness (QED) is 0.418. The predicted molar refractivity (Wildman–Crippen MR) is 154 cm³/mol. The minimum atomic E-state index is -0.479. The van der Waals surface area contributed by atoms with Gasteiger partial charge in [0.15, 0.2) is 0 Å². The Morgan fingerprint density at radius 1 is 1.21 bits per heavy atom. The summed E-state index contributed by atoms with van der Waals surface area (Å²) in [4.78, 5) is 27.4. The first-order valence-electron chi connectivity index (χ1n) is 14.3. The number of methoxy groups -OCH3 is 1. The second-order valence-corrected chi connectivity index (χ2v) is 11.1. The Bertz CT molecular complexity index is 1300. The fourth-order valence-corrected chi connectivity index (χ4v) is 6.15. The summed E-state index contributed by atoms with van der Waals surface area (Å²) in [5.41, 5.74) is 4.35. The van der Waals surface area contributed by atoms with Gasteiger partial charge in [-0.05, 0) is 58.7 Å². The van der Waals surface area contributed by atoms with Crippen molar-refractivity contribution < 1.29 is 14.3 Å². The number of imidazole rings is 1. The highest BCUT2D eigenvalue weighted by molar-refractivity contribution is 5.89. The van der Waals surface area contributed by atoms with Crippen molar-refractivity contribution in [2.24, 2.45) is 0 Å². The van der Waals surface area contributed by atoms with E-state index in [4.69, 9.17) is 14.5 Å². The number of rotatable bonds is 8. The van der Waals surface area contributed by atoms with Crippen molar-refractivity contribution in [3.05, 3.63) is 42.1 Å². The largest absolute Gasteiger partial charge is 0.495 e. The maximum absolute atomic E-state index is 12.4. The van der Waals surface area contributed by atoms with E-state index in [2.05, 4.69) is 38.5 Å². The van der Waals surface area contributed by atoms with E-state index < -0.39 is 6.09 Å². The smallest absolute Gasteiger partial charge is 0.412 e. The SMILES string of the molecule is CCCC(C)OC(=O)Nc1ccc(-c2nc([C@H]3CCC(N4CCN(C)CC4)C3)n3ccnc(C)c23)cc1OC. The Hall–Kier alpha value is -3.17. The Balaban J connectivity index is 1.41. The molecule has 1 aromatic carbocycles. The average molecular weight is 535 g/mol. The maximum Gasteiger partial charge on any atom is 0.412 e. The zero-order chi connectivity index (χ0) is 27.5. The predicted octanol–water partition coefficient (Wildman–Crippen LogP) is 5.33. The van der Waals surface area contributed by atoms with Crippen molar-refractivity contribution in [1.29, 1.82) is 0 Å². The van der Waals surface area contributed by atoms with Crippen molar-refractivity contribution in [3.63, 3.8) is 0 Å². The summed E-state index contributed by atoms with van der Waals surface area (Å²) in [5.74, 6) is 2.07. The lowest BCUT2D eigenvalue weighted by atomic mass is 10.1. The topological polar surface area (TPSA) is 84.2 Å². The molecular formula is C30H42N6O3. The first-order valence-corrected chi connectivity index (χ1v) is 14.3. The molecule has 2 unspecified atom stereocenters. The Labute approximate surface area is 231 Å².